The molecule has 5 heteroatoms. The van der Waals surface area contributed by atoms with Gasteiger partial charge in [0, 0.05) is 9.13 Å². The quantitative estimate of drug-likeness (QED) is 0.805. The molecule has 0 saturated carbocycles. The van der Waals surface area contributed by atoms with Crippen LogP contribution in [0.15, 0.2) is 18.2 Å². The molecule has 2 aliphatic heterocycles. The second-order valence-electron chi connectivity index (χ2n) is 4.82. The number of ether oxygens (including phenoxy) is 1. The molecule has 2 bridgehead atoms. The van der Waals surface area contributed by atoms with E-state index in [1.165, 1.54) is 0 Å². The molecule has 1 N–H and O–H groups in total. The maximum absolute atomic E-state index is 12.1. The highest BCUT2D eigenvalue weighted by Crippen LogP contribution is 2.34. The van der Waals surface area contributed by atoms with Gasteiger partial charge in [-0.2, -0.15) is 0 Å². The molecule has 1 aromatic carbocycles. The summed E-state index contributed by atoms with van der Waals surface area (Å²) < 4.78 is 6.68. The van der Waals surface area contributed by atoms with Crippen LogP contribution < -0.4 is 5.32 Å². The molecule has 3 nitrogen and oxygen atoms in total. The smallest absolute Gasteiger partial charge is 0.251 e. The van der Waals surface area contributed by atoms with E-state index in [-0.39, 0.29) is 18.1 Å². The zero-order chi connectivity index (χ0) is 12.7. The molecule has 3 atom stereocenters. The Labute approximate surface area is 124 Å². The number of nitrogens with one attached hydrogen (secondary N) is 1. The van der Waals surface area contributed by atoms with Crippen LogP contribution in [0.4, 0.5) is 0 Å². The maximum atomic E-state index is 12.1. The van der Waals surface area contributed by atoms with E-state index in [1.807, 2.05) is 6.07 Å². The molecular weight excluding hydrogens is 365 g/mol. The van der Waals surface area contributed by atoms with Crippen LogP contribution in [-0.2, 0) is 4.74 Å². The normalized spacial score (nSPS) is 29.6. The summed E-state index contributed by atoms with van der Waals surface area (Å²) in [6.45, 7) is 0. The predicted octanol–water partition coefficient (Wildman–Crippen LogP) is 2.99. The van der Waals surface area contributed by atoms with Crippen molar-refractivity contribution in [1.82, 2.24) is 5.32 Å². The maximum Gasteiger partial charge on any atom is 0.251 e. The first-order valence-electron chi connectivity index (χ1n) is 6.05. The third-order valence-electron chi connectivity index (χ3n) is 3.60. The Kier molecular flexibility index (Phi) is 3.51. The van der Waals surface area contributed by atoms with E-state index < -0.39 is 0 Å². The molecule has 2 fully saturated rings. The molecule has 0 aromatic heterocycles. The fraction of sp³-hybridized carbons (Fsp3) is 0.462. The zero-order valence-electron chi connectivity index (χ0n) is 9.66. The molecule has 96 valence electrons. The van der Waals surface area contributed by atoms with Gasteiger partial charge in [0.2, 0.25) is 0 Å². The lowest BCUT2D eigenvalue weighted by atomic mass is 9.95. The number of rotatable bonds is 2. The lowest BCUT2D eigenvalue weighted by Crippen LogP contribution is -2.41. The van der Waals surface area contributed by atoms with E-state index in [9.17, 15) is 4.79 Å². The third kappa shape index (κ3) is 2.38. The number of halogens is 2. The number of hydrogen-bond donors (Lipinski definition) is 1. The van der Waals surface area contributed by atoms with Crippen molar-refractivity contribution in [2.24, 2.45) is 0 Å². The molecule has 2 saturated heterocycles. The first-order chi connectivity index (χ1) is 8.63. The Bertz CT molecular complexity index is 494. The van der Waals surface area contributed by atoms with Gasteiger partial charge in [-0.15, -0.1) is 0 Å². The monoisotopic (exact) mass is 377 g/mol. The number of benzene rings is 1. The van der Waals surface area contributed by atoms with Crippen LogP contribution in [-0.4, -0.2) is 24.2 Å². The fourth-order valence-electron chi connectivity index (χ4n) is 2.68. The largest absolute Gasteiger partial charge is 0.373 e. The number of hydrogen-bond acceptors (Lipinski definition) is 2. The van der Waals surface area contributed by atoms with Crippen LogP contribution >= 0.6 is 34.2 Å². The molecule has 0 radical (unpaired) electrons. The minimum absolute atomic E-state index is 0.0607. The summed E-state index contributed by atoms with van der Waals surface area (Å²) in [6.07, 6.45) is 3.68. The van der Waals surface area contributed by atoms with E-state index in [0.717, 1.165) is 22.8 Å². The number of fused-ring (bicyclic) bond motifs is 2. The summed E-state index contributed by atoms with van der Waals surface area (Å²) in [5.41, 5.74) is 0.614. The number of carbonyl (C=O) groups excluding carboxylic acids is 1. The highest BCUT2D eigenvalue weighted by Gasteiger charge is 2.41. The molecule has 2 heterocycles. The van der Waals surface area contributed by atoms with Gasteiger partial charge in [-0.05, 0) is 60.1 Å². The molecule has 1 aromatic rings. The molecule has 2 aliphatic rings. The molecule has 3 unspecified atom stereocenters. The highest BCUT2D eigenvalue weighted by molar-refractivity contribution is 14.1. The first kappa shape index (κ1) is 12.7. The van der Waals surface area contributed by atoms with Gasteiger partial charge in [-0.3, -0.25) is 4.79 Å². The van der Waals surface area contributed by atoms with E-state index >= 15 is 0 Å². The zero-order valence-corrected chi connectivity index (χ0v) is 12.6. The van der Waals surface area contributed by atoms with Gasteiger partial charge in [0.05, 0.1) is 23.3 Å². The Balaban J connectivity index is 1.69. The number of amides is 1. The van der Waals surface area contributed by atoms with Crippen molar-refractivity contribution < 1.29 is 9.53 Å². The van der Waals surface area contributed by atoms with Crippen LogP contribution in [0.25, 0.3) is 0 Å². The van der Waals surface area contributed by atoms with Gasteiger partial charge in [-0.25, -0.2) is 0 Å². The minimum atomic E-state index is -0.0607. The van der Waals surface area contributed by atoms with Gasteiger partial charge in [0.25, 0.3) is 5.91 Å². The van der Waals surface area contributed by atoms with Crippen LogP contribution in [0.1, 0.15) is 29.6 Å². The average molecular weight is 378 g/mol. The van der Waals surface area contributed by atoms with Crippen molar-refractivity contribution in [2.75, 3.05) is 0 Å². The summed E-state index contributed by atoms with van der Waals surface area (Å²) in [5.74, 6) is -0.0607. The second-order valence-corrected chi connectivity index (χ2v) is 6.39. The van der Waals surface area contributed by atoms with Crippen molar-refractivity contribution in [1.29, 1.82) is 0 Å². The van der Waals surface area contributed by atoms with E-state index in [2.05, 4.69) is 27.9 Å². The van der Waals surface area contributed by atoms with Crippen LogP contribution in [0, 0.1) is 3.57 Å². The molecule has 18 heavy (non-hydrogen) atoms. The van der Waals surface area contributed by atoms with Crippen molar-refractivity contribution in [2.45, 2.75) is 37.5 Å². The molecule has 3 rings (SSSR count). The first-order valence-corrected chi connectivity index (χ1v) is 7.50. The van der Waals surface area contributed by atoms with Gasteiger partial charge in [-0.1, -0.05) is 11.6 Å². The summed E-state index contributed by atoms with van der Waals surface area (Å²) in [4.78, 5) is 12.1. The van der Waals surface area contributed by atoms with E-state index in [1.54, 1.807) is 12.1 Å². The van der Waals surface area contributed by atoms with Gasteiger partial charge < -0.3 is 10.1 Å². The lowest BCUT2D eigenvalue weighted by Gasteiger charge is -2.20. The topological polar surface area (TPSA) is 38.3 Å². The predicted molar refractivity (Wildman–Crippen MR) is 77.9 cm³/mol. The Morgan fingerprint density at radius 3 is 2.89 bits per heavy atom. The SMILES string of the molecule is O=C(NC1CC2CCC1O2)c1ccc(I)c(Cl)c1. The summed E-state index contributed by atoms with van der Waals surface area (Å²) >= 11 is 8.17. The van der Waals surface area contributed by atoms with Gasteiger partial charge >= 0.3 is 0 Å². The Morgan fingerprint density at radius 1 is 1.44 bits per heavy atom. The van der Waals surface area contributed by atoms with Crippen molar-refractivity contribution in [3.8, 4) is 0 Å². The van der Waals surface area contributed by atoms with Crippen LogP contribution in [0.2, 0.25) is 5.02 Å². The highest BCUT2D eigenvalue weighted by atomic mass is 127. The van der Waals surface area contributed by atoms with Gasteiger partial charge in [0.1, 0.15) is 0 Å². The van der Waals surface area contributed by atoms with Gasteiger partial charge in [0.15, 0.2) is 0 Å². The Hall–Kier alpha value is -0.330. The second kappa shape index (κ2) is 4.98. The average Bonchev–Trinajstić information content (AvgIpc) is 2.94. The van der Waals surface area contributed by atoms with Crippen molar-refractivity contribution in [3.63, 3.8) is 0 Å². The lowest BCUT2D eigenvalue weighted by molar-refractivity contribution is 0.0841. The minimum Gasteiger partial charge on any atom is -0.373 e. The van der Waals surface area contributed by atoms with Crippen molar-refractivity contribution >= 4 is 40.1 Å². The molecule has 0 spiro atoms. The number of carbonyl (C=O) groups is 1. The van der Waals surface area contributed by atoms with E-state index in [4.69, 9.17) is 16.3 Å². The molecular formula is C13H13ClINO2. The standard InChI is InChI=1S/C13H13ClINO2/c14-9-5-7(1-3-10(9)15)13(17)16-11-6-8-2-4-12(11)18-8/h1,3,5,8,11-12H,2,4,6H2,(H,16,17). The summed E-state index contributed by atoms with van der Waals surface area (Å²) in [6, 6.07) is 5.54. The van der Waals surface area contributed by atoms with E-state index in [0.29, 0.717) is 16.7 Å². The Morgan fingerprint density at radius 2 is 2.28 bits per heavy atom. The van der Waals surface area contributed by atoms with Crippen molar-refractivity contribution in [3.05, 3.63) is 32.4 Å². The van der Waals surface area contributed by atoms with Crippen LogP contribution in [0.3, 0.4) is 0 Å². The molecule has 1 amide bonds. The summed E-state index contributed by atoms with van der Waals surface area (Å²) in [7, 11) is 0. The summed E-state index contributed by atoms with van der Waals surface area (Å²) in [5, 5.41) is 3.67. The molecule has 0 aliphatic carbocycles. The van der Waals surface area contributed by atoms with Crippen LogP contribution in [0.5, 0.6) is 0 Å². The fourth-order valence-corrected chi connectivity index (χ4v) is 3.19. The third-order valence-corrected chi connectivity index (χ3v) is 5.18.